The van der Waals surface area contributed by atoms with E-state index in [0.717, 1.165) is 30.5 Å². The molecule has 17 heavy (non-hydrogen) atoms. The summed E-state index contributed by atoms with van der Waals surface area (Å²) in [4.78, 5) is 11.9. The second-order valence-corrected chi connectivity index (χ2v) is 4.75. The standard InChI is InChI=1S/C12H19N3O2/c1-7-9(8(2)17-15-7)6-12(16)14-11-5-3-4-10(11)13/h10-11H,3-6,13H2,1-2H3,(H,14,16). The van der Waals surface area contributed by atoms with Gasteiger partial charge in [0.2, 0.25) is 5.91 Å². The molecule has 0 aromatic carbocycles. The van der Waals surface area contributed by atoms with E-state index in [4.69, 9.17) is 10.3 Å². The molecule has 0 aliphatic heterocycles. The van der Waals surface area contributed by atoms with Crippen LogP contribution in [0.1, 0.15) is 36.3 Å². The summed E-state index contributed by atoms with van der Waals surface area (Å²) in [5.74, 6) is 0.718. The molecular weight excluding hydrogens is 218 g/mol. The highest BCUT2D eigenvalue weighted by atomic mass is 16.5. The van der Waals surface area contributed by atoms with E-state index in [1.807, 2.05) is 13.8 Å². The molecule has 3 N–H and O–H groups in total. The van der Waals surface area contributed by atoms with Crippen molar-refractivity contribution in [1.82, 2.24) is 10.5 Å². The maximum atomic E-state index is 11.9. The lowest BCUT2D eigenvalue weighted by Crippen LogP contribution is -2.44. The molecular formula is C12H19N3O2. The van der Waals surface area contributed by atoms with Crippen LogP contribution in [0.25, 0.3) is 0 Å². The van der Waals surface area contributed by atoms with Crippen molar-refractivity contribution in [1.29, 1.82) is 0 Å². The van der Waals surface area contributed by atoms with Crippen molar-refractivity contribution in [2.75, 3.05) is 0 Å². The summed E-state index contributed by atoms with van der Waals surface area (Å²) in [6.45, 7) is 3.67. The summed E-state index contributed by atoms with van der Waals surface area (Å²) in [6.07, 6.45) is 3.40. The van der Waals surface area contributed by atoms with Crippen LogP contribution in [0.3, 0.4) is 0 Å². The van der Waals surface area contributed by atoms with Gasteiger partial charge in [0.25, 0.3) is 0 Å². The average molecular weight is 237 g/mol. The van der Waals surface area contributed by atoms with E-state index in [2.05, 4.69) is 10.5 Å². The van der Waals surface area contributed by atoms with Gasteiger partial charge in [-0.1, -0.05) is 5.16 Å². The molecule has 2 unspecified atom stereocenters. The maximum Gasteiger partial charge on any atom is 0.224 e. The fourth-order valence-electron chi connectivity index (χ4n) is 2.34. The summed E-state index contributed by atoms with van der Waals surface area (Å²) < 4.78 is 5.03. The summed E-state index contributed by atoms with van der Waals surface area (Å²) >= 11 is 0. The van der Waals surface area contributed by atoms with Gasteiger partial charge < -0.3 is 15.6 Å². The zero-order valence-corrected chi connectivity index (χ0v) is 10.3. The van der Waals surface area contributed by atoms with Crippen LogP contribution in [0.15, 0.2) is 4.52 Å². The maximum absolute atomic E-state index is 11.9. The van der Waals surface area contributed by atoms with Crippen molar-refractivity contribution in [3.63, 3.8) is 0 Å². The Morgan fingerprint density at radius 1 is 1.53 bits per heavy atom. The summed E-state index contributed by atoms with van der Waals surface area (Å²) in [6, 6.07) is 0.228. The van der Waals surface area contributed by atoms with E-state index in [0.29, 0.717) is 12.2 Å². The van der Waals surface area contributed by atoms with Gasteiger partial charge in [-0.3, -0.25) is 4.79 Å². The molecule has 1 aliphatic rings. The molecule has 1 heterocycles. The lowest BCUT2D eigenvalue weighted by atomic mass is 10.1. The molecule has 1 fully saturated rings. The van der Waals surface area contributed by atoms with Crippen LogP contribution in [0.5, 0.6) is 0 Å². The number of hydrogen-bond donors (Lipinski definition) is 2. The molecule has 0 bridgehead atoms. The van der Waals surface area contributed by atoms with E-state index in [-0.39, 0.29) is 18.0 Å². The largest absolute Gasteiger partial charge is 0.361 e. The predicted molar refractivity (Wildman–Crippen MR) is 63.4 cm³/mol. The third-order valence-corrected chi connectivity index (χ3v) is 3.43. The molecule has 2 rings (SSSR count). The molecule has 0 radical (unpaired) electrons. The van der Waals surface area contributed by atoms with Crippen molar-refractivity contribution in [2.45, 2.75) is 51.6 Å². The van der Waals surface area contributed by atoms with Gasteiger partial charge in [-0.05, 0) is 33.1 Å². The molecule has 2 atom stereocenters. The molecule has 1 aromatic heterocycles. The zero-order chi connectivity index (χ0) is 12.4. The van der Waals surface area contributed by atoms with Gasteiger partial charge >= 0.3 is 0 Å². The molecule has 5 heteroatoms. The van der Waals surface area contributed by atoms with Gasteiger partial charge in [0.05, 0.1) is 12.1 Å². The Bertz CT molecular complexity index is 394. The number of nitrogens with zero attached hydrogens (tertiary/aromatic N) is 1. The van der Waals surface area contributed by atoms with Crippen molar-refractivity contribution in [2.24, 2.45) is 5.73 Å². The highest BCUT2D eigenvalue weighted by Gasteiger charge is 2.25. The second-order valence-electron chi connectivity index (χ2n) is 4.75. The lowest BCUT2D eigenvalue weighted by Gasteiger charge is -2.17. The smallest absolute Gasteiger partial charge is 0.224 e. The first-order valence-electron chi connectivity index (χ1n) is 6.04. The lowest BCUT2D eigenvalue weighted by molar-refractivity contribution is -0.121. The van der Waals surface area contributed by atoms with Crippen LogP contribution in [-0.2, 0) is 11.2 Å². The van der Waals surface area contributed by atoms with Gasteiger partial charge in [0, 0.05) is 17.6 Å². The minimum Gasteiger partial charge on any atom is -0.361 e. The Hall–Kier alpha value is -1.36. The van der Waals surface area contributed by atoms with Crippen molar-refractivity contribution in [3.05, 3.63) is 17.0 Å². The quantitative estimate of drug-likeness (QED) is 0.816. The Morgan fingerprint density at radius 2 is 2.29 bits per heavy atom. The monoisotopic (exact) mass is 237 g/mol. The number of nitrogens with one attached hydrogen (secondary N) is 1. The van der Waals surface area contributed by atoms with E-state index in [1.54, 1.807) is 0 Å². The van der Waals surface area contributed by atoms with Gasteiger partial charge in [-0.15, -0.1) is 0 Å². The van der Waals surface area contributed by atoms with Crippen molar-refractivity contribution in [3.8, 4) is 0 Å². The number of rotatable bonds is 3. The van der Waals surface area contributed by atoms with E-state index in [1.165, 1.54) is 0 Å². The van der Waals surface area contributed by atoms with Crippen molar-refractivity contribution >= 4 is 5.91 Å². The van der Waals surface area contributed by atoms with Crippen LogP contribution in [0.4, 0.5) is 0 Å². The molecule has 1 aliphatic carbocycles. The minimum absolute atomic E-state index is 0.00162. The highest BCUT2D eigenvalue weighted by molar-refractivity contribution is 5.79. The van der Waals surface area contributed by atoms with Crippen molar-refractivity contribution < 1.29 is 9.32 Å². The summed E-state index contributed by atoms with van der Waals surface area (Å²) in [5.41, 5.74) is 7.58. The topological polar surface area (TPSA) is 81.2 Å². The predicted octanol–water partition coefficient (Wildman–Crippen LogP) is 0.830. The van der Waals surface area contributed by atoms with E-state index in [9.17, 15) is 4.79 Å². The van der Waals surface area contributed by atoms with E-state index >= 15 is 0 Å². The number of carbonyl (C=O) groups is 1. The van der Waals surface area contributed by atoms with Gasteiger partial charge in [0.15, 0.2) is 0 Å². The number of hydrogen-bond acceptors (Lipinski definition) is 4. The molecule has 0 saturated heterocycles. The molecule has 1 amide bonds. The number of aryl methyl sites for hydroxylation is 2. The number of nitrogens with two attached hydrogens (primary N) is 1. The first-order valence-corrected chi connectivity index (χ1v) is 6.04. The fraction of sp³-hybridized carbons (Fsp3) is 0.667. The zero-order valence-electron chi connectivity index (χ0n) is 10.3. The average Bonchev–Trinajstić information content (AvgIpc) is 2.80. The number of amides is 1. The van der Waals surface area contributed by atoms with Crippen LogP contribution in [0, 0.1) is 13.8 Å². The third kappa shape index (κ3) is 2.66. The van der Waals surface area contributed by atoms with Crippen LogP contribution in [-0.4, -0.2) is 23.1 Å². The Balaban J connectivity index is 1.93. The van der Waals surface area contributed by atoms with Crippen LogP contribution < -0.4 is 11.1 Å². The highest BCUT2D eigenvalue weighted by Crippen LogP contribution is 2.18. The van der Waals surface area contributed by atoms with Gasteiger partial charge in [-0.25, -0.2) is 0 Å². The first kappa shape index (κ1) is 12.1. The molecule has 1 aromatic rings. The minimum atomic E-state index is 0.00162. The molecule has 94 valence electrons. The van der Waals surface area contributed by atoms with Crippen LogP contribution >= 0.6 is 0 Å². The Labute approximate surface area is 101 Å². The molecule has 5 nitrogen and oxygen atoms in total. The normalized spacial score (nSPS) is 23.9. The van der Waals surface area contributed by atoms with E-state index < -0.39 is 0 Å². The Kier molecular flexibility index (Phi) is 3.47. The molecule has 1 saturated carbocycles. The second kappa shape index (κ2) is 4.87. The number of aromatic nitrogens is 1. The SMILES string of the molecule is Cc1noc(C)c1CC(=O)NC1CCCC1N. The Morgan fingerprint density at radius 3 is 2.82 bits per heavy atom. The summed E-state index contributed by atoms with van der Waals surface area (Å²) in [5, 5.41) is 6.82. The fourth-order valence-corrected chi connectivity index (χ4v) is 2.34. The number of carbonyl (C=O) groups excluding carboxylic acids is 1. The molecule has 0 spiro atoms. The third-order valence-electron chi connectivity index (χ3n) is 3.43. The van der Waals surface area contributed by atoms with Gasteiger partial charge in [-0.2, -0.15) is 0 Å². The summed E-state index contributed by atoms with van der Waals surface area (Å²) in [7, 11) is 0. The van der Waals surface area contributed by atoms with Crippen LogP contribution in [0.2, 0.25) is 0 Å². The van der Waals surface area contributed by atoms with Gasteiger partial charge in [0.1, 0.15) is 5.76 Å². The first-order chi connectivity index (χ1) is 8.08.